The zero-order valence-electron chi connectivity index (χ0n) is 19.4. The molecule has 0 spiro atoms. The Morgan fingerprint density at radius 2 is 0.844 bits per heavy atom. The maximum atomic E-state index is 2.51. The Morgan fingerprint density at radius 1 is 0.469 bits per heavy atom. The first-order chi connectivity index (χ1) is 15.1. The van der Waals surface area contributed by atoms with Gasteiger partial charge in [-0.15, -0.1) is 22.7 Å². The van der Waals surface area contributed by atoms with Crippen molar-refractivity contribution in [2.45, 2.75) is 29.6 Å². The van der Waals surface area contributed by atoms with Crippen LogP contribution in [0, 0.1) is 0 Å². The fraction of sp³-hybridized carbons (Fsp3) is 0.231. The van der Waals surface area contributed by atoms with Gasteiger partial charge in [-0.1, -0.05) is 0 Å². The van der Waals surface area contributed by atoms with Crippen molar-refractivity contribution in [1.29, 1.82) is 0 Å². The summed E-state index contributed by atoms with van der Waals surface area (Å²) in [6, 6.07) is 18.7. The van der Waals surface area contributed by atoms with E-state index in [-0.39, 0.29) is 0 Å². The largest absolute Gasteiger partial charge is 0.144 e. The molecule has 0 unspecified atom stereocenters. The van der Waals surface area contributed by atoms with Crippen LogP contribution in [0.3, 0.4) is 0 Å². The number of rotatable bonds is 2. The van der Waals surface area contributed by atoms with E-state index in [1.54, 1.807) is 5.79 Å². The Hall–Kier alpha value is -0.123. The van der Waals surface area contributed by atoms with Crippen LogP contribution in [0.2, 0.25) is 29.6 Å². The number of hydrogen-bond donors (Lipinski definition) is 0. The molecule has 0 aliphatic heterocycles. The summed E-state index contributed by atoms with van der Waals surface area (Å²) in [7, 11) is 0. The van der Waals surface area contributed by atoms with Gasteiger partial charge in [-0.05, 0) is 45.8 Å². The van der Waals surface area contributed by atoms with Gasteiger partial charge >= 0.3 is 139 Å². The van der Waals surface area contributed by atoms with Gasteiger partial charge in [-0.25, -0.2) is 0 Å². The Labute approximate surface area is 214 Å². The Balaban J connectivity index is 0.000000152. The molecule has 0 nitrogen and oxygen atoms in total. The number of thiophene rings is 4. The second-order valence-corrected chi connectivity index (χ2v) is 45.3. The third kappa shape index (κ3) is 4.82. The Bertz CT molecular complexity index is 1340. The minimum Gasteiger partial charge on any atom is -0.144 e. The molecular formula is C26H28S4Sn2. The molecule has 0 N–H and O–H groups in total. The van der Waals surface area contributed by atoms with E-state index in [0.29, 0.717) is 0 Å². The average molecular weight is 706 g/mol. The minimum absolute atomic E-state index is 1.37. The zero-order valence-corrected chi connectivity index (χ0v) is 28.4. The van der Waals surface area contributed by atoms with Crippen molar-refractivity contribution in [2.75, 3.05) is 0 Å². The normalized spacial score (nSPS) is 12.7. The number of hydrogen-bond acceptors (Lipinski definition) is 4. The van der Waals surface area contributed by atoms with E-state index in [1.807, 2.05) is 22.7 Å². The van der Waals surface area contributed by atoms with Gasteiger partial charge in [0.05, 0.1) is 0 Å². The molecule has 0 amide bonds. The van der Waals surface area contributed by atoms with Crippen molar-refractivity contribution in [1.82, 2.24) is 0 Å². The second-order valence-electron chi connectivity index (χ2n) is 10.4. The van der Waals surface area contributed by atoms with Gasteiger partial charge in [0.1, 0.15) is 0 Å². The summed E-state index contributed by atoms with van der Waals surface area (Å²) < 4.78 is 9.16. The summed E-state index contributed by atoms with van der Waals surface area (Å²) in [4.78, 5) is 15.0. The predicted octanol–water partition coefficient (Wildman–Crippen LogP) is 9.32. The zero-order chi connectivity index (χ0) is 22.7. The molecule has 164 valence electrons. The van der Waals surface area contributed by atoms with Crippen molar-refractivity contribution in [3.05, 3.63) is 59.3 Å². The van der Waals surface area contributed by atoms with Crippen molar-refractivity contribution in [3.63, 3.8) is 0 Å². The molecule has 2 aromatic carbocycles. The first-order valence-electron chi connectivity index (χ1n) is 10.9. The van der Waals surface area contributed by atoms with Gasteiger partial charge in [-0.2, -0.15) is 0 Å². The fourth-order valence-corrected chi connectivity index (χ4v) is 18.2. The topological polar surface area (TPSA) is 0 Å². The molecule has 0 saturated carbocycles. The third-order valence-electron chi connectivity index (χ3n) is 5.66. The molecule has 6 aromatic rings. The molecule has 0 atom stereocenters. The van der Waals surface area contributed by atoms with E-state index in [9.17, 15) is 0 Å². The number of fused-ring (bicyclic) bond motifs is 4. The molecule has 0 saturated heterocycles. The number of benzene rings is 2. The predicted molar refractivity (Wildman–Crippen MR) is 160 cm³/mol. The van der Waals surface area contributed by atoms with Crippen LogP contribution in [0.15, 0.2) is 59.3 Å². The molecule has 0 aliphatic carbocycles. The quantitative estimate of drug-likeness (QED) is 0.158. The van der Waals surface area contributed by atoms with Crippen LogP contribution < -0.4 is 5.79 Å². The smallest absolute Gasteiger partial charge is 0.0349 e. The minimum atomic E-state index is -1.91. The maximum Gasteiger partial charge on any atom is 0.0349 e. The van der Waals surface area contributed by atoms with E-state index in [0.717, 1.165) is 0 Å². The molecule has 4 aromatic heterocycles. The molecule has 6 heteroatoms. The van der Waals surface area contributed by atoms with E-state index < -0.39 is 36.8 Å². The van der Waals surface area contributed by atoms with E-state index >= 15 is 0 Å². The molecule has 4 heterocycles. The average Bonchev–Trinajstić information content (AvgIpc) is 3.46. The van der Waals surface area contributed by atoms with Crippen LogP contribution in [0.4, 0.5) is 0 Å². The van der Waals surface area contributed by atoms with E-state index in [1.165, 1.54) is 40.3 Å². The first-order valence-corrected chi connectivity index (χ1v) is 34.3. The fourth-order valence-electron chi connectivity index (χ4n) is 3.73. The van der Waals surface area contributed by atoms with Crippen molar-refractivity contribution in [3.8, 4) is 0 Å². The summed E-state index contributed by atoms with van der Waals surface area (Å²) in [5.74, 6) is 0. The molecule has 0 radical (unpaired) electrons. The van der Waals surface area contributed by atoms with Gasteiger partial charge in [0.25, 0.3) is 0 Å². The maximum absolute atomic E-state index is 2.51. The van der Waals surface area contributed by atoms with Gasteiger partial charge in [0, 0.05) is 9.40 Å². The first kappa shape index (κ1) is 23.6. The monoisotopic (exact) mass is 708 g/mol. The Kier molecular flexibility index (Phi) is 6.51. The summed E-state index contributed by atoms with van der Waals surface area (Å²) in [6.07, 6.45) is 0. The van der Waals surface area contributed by atoms with Crippen LogP contribution >= 0.6 is 45.3 Å². The van der Waals surface area contributed by atoms with Crippen LogP contribution in [0.1, 0.15) is 0 Å². The molecule has 32 heavy (non-hydrogen) atoms. The summed E-state index contributed by atoms with van der Waals surface area (Å²) in [5, 5.41) is 9.98. The summed E-state index contributed by atoms with van der Waals surface area (Å²) in [5.41, 5.74) is 0. The van der Waals surface area contributed by atoms with Gasteiger partial charge < -0.3 is 0 Å². The van der Waals surface area contributed by atoms with Crippen LogP contribution in [0.5, 0.6) is 0 Å². The molecule has 0 aliphatic rings. The van der Waals surface area contributed by atoms with Gasteiger partial charge in [-0.3, -0.25) is 0 Å². The second kappa shape index (κ2) is 8.83. The SMILES string of the molecule is [CH3][Sn]([CH3])([CH3])[c]1cc2cc3s[c]([Sn]([CH3])([CH3])[CH3])cc3cc2s1.c1cc2cc3sccc3cc2s1. The molecule has 0 fully saturated rings. The molecular weight excluding hydrogens is 678 g/mol. The van der Waals surface area contributed by atoms with Gasteiger partial charge in [0.2, 0.25) is 0 Å². The van der Waals surface area contributed by atoms with Crippen LogP contribution in [-0.4, -0.2) is 36.8 Å². The van der Waals surface area contributed by atoms with Crippen molar-refractivity contribution < 1.29 is 0 Å². The summed E-state index contributed by atoms with van der Waals surface area (Å²) in [6.45, 7) is 0. The summed E-state index contributed by atoms with van der Waals surface area (Å²) >= 11 is 3.89. The standard InChI is InChI=1S/C10H6S2.C10H4S2.6CH3.2Sn/c2*1-3-11-9-6-8-2-4-12-10(8)5-7(1)9;;;;;;;;/h1-6H;1-2,5-6H;6*1H3;;. The van der Waals surface area contributed by atoms with E-state index in [4.69, 9.17) is 0 Å². The van der Waals surface area contributed by atoms with Crippen molar-refractivity contribution >= 4 is 128 Å². The Morgan fingerprint density at radius 3 is 1.22 bits per heavy atom. The molecule has 6 rings (SSSR count). The third-order valence-corrected chi connectivity index (χ3v) is 28.5. The van der Waals surface area contributed by atoms with Gasteiger partial charge in [0.15, 0.2) is 0 Å². The van der Waals surface area contributed by atoms with Crippen LogP contribution in [0.25, 0.3) is 40.3 Å². The van der Waals surface area contributed by atoms with E-state index in [2.05, 4.69) is 112 Å². The van der Waals surface area contributed by atoms with Crippen molar-refractivity contribution in [2.24, 2.45) is 0 Å². The molecule has 0 bridgehead atoms. The van der Waals surface area contributed by atoms with Crippen LogP contribution in [-0.2, 0) is 0 Å².